The van der Waals surface area contributed by atoms with Gasteiger partial charge in [-0.3, -0.25) is 4.79 Å². The predicted octanol–water partition coefficient (Wildman–Crippen LogP) is 1.67. The molecule has 0 atom stereocenters. The van der Waals surface area contributed by atoms with Crippen molar-refractivity contribution in [2.24, 2.45) is 5.84 Å². The zero-order valence-electron chi connectivity index (χ0n) is 9.22. The Morgan fingerprint density at radius 1 is 1.22 bits per heavy atom. The Kier molecular flexibility index (Phi) is 3.71. The maximum absolute atomic E-state index is 11.9. The van der Waals surface area contributed by atoms with Gasteiger partial charge in [-0.05, 0) is 24.3 Å². The van der Waals surface area contributed by atoms with Crippen molar-refractivity contribution < 1.29 is 4.79 Å². The molecular weight excluding hydrogens is 254 g/mol. The quantitative estimate of drug-likeness (QED) is 0.579. The topological polar surface area (TPSA) is 92.9 Å². The molecule has 0 saturated heterocycles. The van der Waals surface area contributed by atoms with Gasteiger partial charge in [-0.15, -0.1) is 0 Å². The van der Waals surface area contributed by atoms with Crippen LogP contribution in [0.1, 0.15) is 10.5 Å². The van der Waals surface area contributed by atoms with Gasteiger partial charge in [0, 0.05) is 6.20 Å². The summed E-state index contributed by atoms with van der Waals surface area (Å²) in [6.45, 7) is 0. The highest BCUT2D eigenvalue weighted by Crippen LogP contribution is 2.11. The van der Waals surface area contributed by atoms with E-state index in [2.05, 4.69) is 20.7 Å². The van der Waals surface area contributed by atoms with Gasteiger partial charge in [0.05, 0.1) is 5.02 Å². The molecule has 2 rings (SSSR count). The molecule has 2 aromatic rings. The standard InChI is InChI=1S/C11H10ClN5O/c12-7-4-5-9(14-6-7)16-11(18)8-2-1-3-10(15-8)17-13/h1-6H,13H2,(H,15,17)(H,14,16,18). The van der Waals surface area contributed by atoms with E-state index in [1.807, 2.05) is 0 Å². The van der Waals surface area contributed by atoms with Crippen LogP contribution in [0.25, 0.3) is 0 Å². The van der Waals surface area contributed by atoms with Crippen LogP contribution >= 0.6 is 11.6 Å². The van der Waals surface area contributed by atoms with Crippen molar-refractivity contribution in [3.05, 3.63) is 47.2 Å². The van der Waals surface area contributed by atoms with E-state index in [1.54, 1.807) is 30.3 Å². The van der Waals surface area contributed by atoms with E-state index in [4.69, 9.17) is 17.4 Å². The average Bonchev–Trinajstić information content (AvgIpc) is 2.41. The lowest BCUT2D eigenvalue weighted by molar-refractivity contribution is 0.102. The van der Waals surface area contributed by atoms with Gasteiger partial charge < -0.3 is 10.7 Å². The van der Waals surface area contributed by atoms with E-state index < -0.39 is 0 Å². The minimum Gasteiger partial charge on any atom is -0.308 e. The molecule has 0 radical (unpaired) electrons. The first-order valence-corrected chi connectivity index (χ1v) is 5.43. The molecule has 7 heteroatoms. The highest BCUT2D eigenvalue weighted by molar-refractivity contribution is 6.30. The monoisotopic (exact) mass is 263 g/mol. The van der Waals surface area contributed by atoms with Crippen molar-refractivity contribution in [2.45, 2.75) is 0 Å². The Labute approximate surface area is 108 Å². The van der Waals surface area contributed by atoms with Crippen LogP contribution < -0.4 is 16.6 Å². The van der Waals surface area contributed by atoms with E-state index >= 15 is 0 Å². The summed E-state index contributed by atoms with van der Waals surface area (Å²) in [6, 6.07) is 8.14. The van der Waals surface area contributed by atoms with E-state index in [-0.39, 0.29) is 11.6 Å². The van der Waals surface area contributed by atoms with Crippen LogP contribution in [0.4, 0.5) is 11.6 Å². The number of hydrogen-bond donors (Lipinski definition) is 3. The van der Waals surface area contributed by atoms with Crippen LogP contribution in [0.3, 0.4) is 0 Å². The SMILES string of the molecule is NNc1cccc(C(=O)Nc2ccc(Cl)cn2)n1. The third-order valence-electron chi connectivity index (χ3n) is 2.10. The number of hydrazine groups is 1. The van der Waals surface area contributed by atoms with Crippen LogP contribution in [0, 0.1) is 0 Å². The van der Waals surface area contributed by atoms with Crippen LogP contribution in [-0.4, -0.2) is 15.9 Å². The fourth-order valence-electron chi connectivity index (χ4n) is 1.27. The molecule has 0 aliphatic rings. The molecule has 0 bridgehead atoms. The smallest absolute Gasteiger partial charge is 0.275 e. The van der Waals surface area contributed by atoms with Gasteiger partial charge in [0.1, 0.15) is 17.3 Å². The zero-order valence-corrected chi connectivity index (χ0v) is 9.98. The molecule has 0 aromatic carbocycles. The summed E-state index contributed by atoms with van der Waals surface area (Å²) >= 11 is 5.70. The number of aromatic nitrogens is 2. The molecule has 0 spiro atoms. The maximum Gasteiger partial charge on any atom is 0.275 e. The van der Waals surface area contributed by atoms with Gasteiger partial charge in [0.25, 0.3) is 5.91 Å². The van der Waals surface area contributed by atoms with Gasteiger partial charge in [0.2, 0.25) is 0 Å². The van der Waals surface area contributed by atoms with Crippen LogP contribution in [0.5, 0.6) is 0 Å². The summed E-state index contributed by atoms with van der Waals surface area (Å²) in [4.78, 5) is 19.8. The molecule has 0 aliphatic carbocycles. The molecule has 6 nitrogen and oxygen atoms in total. The second kappa shape index (κ2) is 5.44. The third-order valence-corrected chi connectivity index (χ3v) is 2.32. The molecule has 18 heavy (non-hydrogen) atoms. The summed E-state index contributed by atoms with van der Waals surface area (Å²) in [5.74, 6) is 5.65. The van der Waals surface area contributed by atoms with Crippen molar-refractivity contribution in [1.82, 2.24) is 9.97 Å². The highest BCUT2D eigenvalue weighted by atomic mass is 35.5. The molecule has 2 aromatic heterocycles. The van der Waals surface area contributed by atoms with Gasteiger partial charge >= 0.3 is 0 Å². The second-order valence-electron chi connectivity index (χ2n) is 3.37. The van der Waals surface area contributed by atoms with Crippen LogP contribution in [0.15, 0.2) is 36.5 Å². The largest absolute Gasteiger partial charge is 0.308 e. The van der Waals surface area contributed by atoms with Crippen molar-refractivity contribution in [2.75, 3.05) is 10.7 Å². The summed E-state index contributed by atoms with van der Waals surface area (Å²) in [5.41, 5.74) is 2.61. The summed E-state index contributed by atoms with van der Waals surface area (Å²) in [6.07, 6.45) is 1.45. The molecule has 0 aliphatic heterocycles. The summed E-state index contributed by atoms with van der Waals surface area (Å²) in [5, 5.41) is 3.10. The van der Waals surface area contributed by atoms with E-state index in [9.17, 15) is 4.79 Å². The fourth-order valence-corrected chi connectivity index (χ4v) is 1.38. The lowest BCUT2D eigenvalue weighted by Crippen LogP contribution is -2.16. The van der Waals surface area contributed by atoms with Crippen molar-refractivity contribution in [3.63, 3.8) is 0 Å². The highest BCUT2D eigenvalue weighted by Gasteiger charge is 2.08. The number of carbonyl (C=O) groups excluding carboxylic acids is 1. The molecule has 92 valence electrons. The molecule has 0 unspecified atom stereocenters. The number of rotatable bonds is 3. The minimum absolute atomic E-state index is 0.238. The molecule has 4 N–H and O–H groups in total. The Balaban J connectivity index is 2.14. The number of nitrogen functional groups attached to an aromatic ring is 1. The Hall–Kier alpha value is -2.18. The number of pyridine rings is 2. The van der Waals surface area contributed by atoms with Crippen molar-refractivity contribution in [1.29, 1.82) is 0 Å². The maximum atomic E-state index is 11.9. The predicted molar refractivity (Wildman–Crippen MR) is 69.2 cm³/mol. The molecule has 0 saturated carbocycles. The van der Waals surface area contributed by atoms with Crippen molar-refractivity contribution in [3.8, 4) is 0 Å². The number of nitrogens with one attached hydrogen (secondary N) is 2. The van der Waals surface area contributed by atoms with E-state index in [1.165, 1.54) is 6.20 Å². The molecule has 2 heterocycles. The van der Waals surface area contributed by atoms with Gasteiger partial charge in [-0.25, -0.2) is 15.8 Å². The summed E-state index contributed by atoms with van der Waals surface area (Å²) in [7, 11) is 0. The lowest BCUT2D eigenvalue weighted by atomic mass is 10.3. The van der Waals surface area contributed by atoms with Crippen molar-refractivity contribution >= 4 is 29.1 Å². The number of nitrogens with two attached hydrogens (primary N) is 1. The average molecular weight is 264 g/mol. The fraction of sp³-hybridized carbons (Fsp3) is 0. The Morgan fingerprint density at radius 2 is 2.06 bits per heavy atom. The second-order valence-corrected chi connectivity index (χ2v) is 3.80. The first-order chi connectivity index (χ1) is 8.69. The van der Waals surface area contributed by atoms with Crippen LogP contribution in [-0.2, 0) is 0 Å². The first-order valence-electron chi connectivity index (χ1n) is 5.05. The molecule has 0 fully saturated rings. The molecular formula is C11H10ClN5O. The van der Waals surface area contributed by atoms with Gasteiger partial charge in [-0.2, -0.15) is 0 Å². The lowest BCUT2D eigenvalue weighted by Gasteiger charge is -2.05. The van der Waals surface area contributed by atoms with E-state index in [0.29, 0.717) is 16.7 Å². The third kappa shape index (κ3) is 2.93. The normalized spacial score (nSPS) is 9.89. The minimum atomic E-state index is -0.373. The Morgan fingerprint density at radius 3 is 2.72 bits per heavy atom. The summed E-state index contributed by atoms with van der Waals surface area (Å²) < 4.78 is 0. The van der Waals surface area contributed by atoms with Crippen LogP contribution in [0.2, 0.25) is 5.02 Å². The zero-order chi connectivity index (χ0) is 13.0. The number of carbonyl (C=O) groups is 1. The Bertz CT molecular complexity index is 558. The first kappa shape index (κ1) is 12.3. The molecule has 1 amide bonds. The number of nitrogens with zero attached hydrogens (tertiary/aromatic N) is 2. The number of anilines is 2. The number of amides is 1. The van der Waals surface area contributed by atoms with Gasteiger partial charge in [0.15, 0.2) is 0 Å². The number of halogens is 1. The van der Waals surface area contributed by atoms with E-state index in [0.717, 1.165) is 0 Å². The van der Waals surface area contributed by atoms with Gasteiger partial charge in [-0.1, -0.05) is 17.7 Å². The number of hydrogen-bond acceptors (Lipinski definition) is 5.